The van der Waals surface area contributed by atoms with Crippen LogP contribution in [-0.4, -0.2) is 22.6 Å². The molecule has 5 nitrogen and oxygen atoms in total. The first-order chi connectivity index (χ1) is 11.6. The van der Waals surface area contributed by atoms with E-state index in [-0.39, 0.29) is 11.5 Å². The first-order valence-corrected chi connectivity index (χ1v) is 7.78. The first kappa shape index (κ1) is 15.9. The molecule has 3 rings (SSSR count). The minimum Gasteiger partial charge on any atom is -0.504 e. The van der Waals surface area contributed by atoms with E-state index in [2.05, 4.69) is 10.6 Å². The number of ether oxygens (including phenoxy) is 1. The van der Waals surface area contributed by atoms with Crippen LogP contribution in [0.15, 0.2) is 24.3 Å². The predicted octanol–water partition coefficient (Wildman–Crippen LogP) is 3.22. The Hall–Kier alpha value is -3.00. The van der Waals surface area contributed by atoms with Gasteiger partial charge in [0.05, 0.1) is 18.2 Å². The van der Waals surface area contributed by atoms with Gasteiger partial charge in [0.1, 0.15) is 6.07 Å². The molecule has 0 unspecified atom stereocenters. The number of carbonyl (C=O) groups is 1. The lowest BCUT2D eigenvalue weighted by molar-refractivity contribution is 0.104. The van der Waals surface area contributed by atoms with Crippen molar-refractivity contribution >= 4 is 11.9 Å². The molecular formula is C19H18N2O3. The molecule has 0 spiro atoms. The monoisotopic (exact) mass is 322 g/mol. The molecule has 2 heterocycles. The largest absolute Gasteiger partial charge is 0.504 e. The highest BCUT2D eigenvalue weighted by Gasteiger charge is 2.26. The standard InChI is InChI=1S/C19H18N2O3/c1-12-19(14(11-20)15-4-3-9-21(12)15)16(22)7-5-13-6-8-18(24-2)17(23)10-13/h5-8,10,23H,3-4,9H2,1-2H3. The molecule has 0 saturated heterocycles. The number of allylic oxidation sites excluding steroid dienone is 1. The molecule has 122 valence electrons. The van der Waals surface area contributed by atoms with Crippen LogP contribution in [0.3, 0.4) is 0 Å². The van der Waals surface area contributed by atoms with Crippen molar-refractivity contribution in [1.82, 2.24) is 4.57 Å². The van der Waals surface area contributed by atoms with Gasteiger partial charge < -0.3 is 14.4 Å². The molecule has 0 atom stereocenters. The average molecular weight is 322 g/mol. The Labute approximate surface area is 140 Å². The van der Waals surface area contributed by atoms with Crippen molar-refractivity contribution in [1.29, 1.82) is 5.26 Å². The Morgan fingerprint density at radius 3 is 2.92 bits per heavy atom. The number of benzene rings is 1. The Morgan fingerprint density at radius 2 is 2.25 bits per heavy atom. The third kappa shape index (κ3) is 2.56. The lowest BCUT2D eigenvalue weighted by Gasteiger charge is -2.03. The highest BCUT2D eigenvalue weighted by molar-refractivity contribution is 6.09. The second-order valence-electron chi connectivity index (χ2n) is 5.78. The zero-order valence-corrected chi connectivity index (χ0v) is 13.7. The number of rotatable bonds is 4. The summed E-state index contributed by atoms with van der Waals surface area (Å²) in [6.07, 6.45) is 4.93. The van der Waals surface area contributed by atoms with Gasteiger partial charge >= 0.3 is 0 Å². The van der Waals surface area contributed by atoms with Gasteiger partial charge in [0.15, 0.2) is 17.3 Å². The zero-order valence-electron chi connectivity index (χ0n) is 13.7. The van der Waals surface area contributed by atoms with Crippen molar-refractivity contribution < 1.29 is 14.6 Å². The van der Waals surface area contributed by atoms with Crippen LogP contribution in [0.5, 0.6) is 11.5 Å². The second kappa shape index (κ2) is 6.25. The van der Waals surface area contributed by atoms with Crippen molar-refractivity contribution in [2.75, 3.05) is 7.11 Å². The molecule has 0 saturated carbocycles. The normalized spacial score (nSPS) is 13.0. The number of phenols is 1. The van der Waals surface area contributed by atoms with Crippen molar-refractivity contribution in [2.45, 2.75) is 26.3 Å². The van der Waals surface area contributed by atoms with E-state index >= 15 is 0 Å². The van der Waals surface area contributed by atoms with E-state index in [1.165, 1.54) is 19.3 Å². The number of nitriles is 1. The fourth-order valence-electron chi connectivity index (χ4n) is 3.25. The van der Waals surface area contributed by atoms with Crippen LogP contribution in [0.25, 0.3) is 6.08 Å². The van der Waals surface area contributed by atoms with Gasteiger partial charge in [-0.05, 0) is 43.5 Å². The Balaban J connectivity index is 1.91. The van der Waals surface area contributed by atoms with Gasteiger partial charge in [0.25, 0.3) is 0 Å². The number of ketones is 1. The highest BCUT2D eigenvalue weighted by Crippen LogP contribution is 2.30. The summed E-state index contributed by atoms with van der Waals surface area (Å²) in [6.45, 7) is 2.75. The predicted molar refractivity (Wildman–Crippen MR) is 90.2 cm³/mol. The molecule has 5 heteroatoms. The van der Waals surface area contributed by atoms with Crippen LogP contribution in [0.4, 0.5) is 0 Å². The van der Waals surface area contributed by atoms with Gasteiger partial charge in [0.2, 0.25) is 0 Å². The third-order valence-electron chi connectivity index (χ3n) is 4.41. The number of hydrogen-bond acceptors (Lipinski definition) is 4. The topological polar surface area (TPSA) is 75.2 Å². The van der Waals surface area contributed by atoms with Crippen molar-refractivity contribution in [3.8, 4) is 17.6 Å². The van der Waals surface area contributed by atoms with Crippen LogP contribution in [0.2, 0.25) is 0 Å². The van der Waals surface area contributed by atoms with Crippen LogP contribution >= 0.6 is 0 Å². The van der Waals surface area contributed by atoms with E-state index in [1.807, 2.05) is 6.92 Å². The van der Waals surface area contributed by atoms with Crippen LogP contribution in [0, 0.1) is 18.3 Å². The SMILES string of the molecule is COc1ccc(C=CC(=O)c2c(C#N)c3n(c2C)CCC3)cc1O. The molecule has 1 aliphatic rings. The first-order valence-electron chi connectivity index (χ1n) is 7.78. The summed E-state index contributed by atoms with van der Waals surface area (Å²) in [6, 6.07) is 7.10. The molecule has 1 aliphatic heterocycles. The van der Waals surface area contributed by atoms with E-state index < -0.39 is 0 Å². The van der Waals surface area contributed by atoms with Crippen LogP contribution in [0.1, 0.15) is 39.3 Å². The van der Waals surface area contributed by atoms with E-state index in [0.717, 1.165) is 30.8 Å². The maximum atomic E-state index is 12.6. The molecule has 0 radical (unpaired) electrons. The van der Waals surface area contributed by atoms with E-state index in [1.54, 1.807) is 18.2 Å². The molecule has 0 fully saturated rings. The van der Waals surface area contributed by atoms with Crippen molar-refractivity contribution in [3.63, 3.8) is 0 Å². The molecule has 0 aliphatic carbocycles. The van der Waals surface area contributed by atoms with Gasteiger partial charge in [-0.1, -0.05) is 12.1 Å². The maximum Gasteiger partial charge on any atom is 0.189 e. The van der Waals surface area contributed by atoms with Crippen molar-refractivity contribution in [3.05, 3.63) is 52.4 Å². The number of methoxy groups -OCH3 is 1. The van der Waals surface area contributed by atoms with Gasteiger partial charge in [-0.25, -0.2) is 0 Å². The van der Waals surface area contributed by atoms with Gasteiger partial charge in [-0.3, -0.25) is 4.79 Å². The minimum atomic E-state index is -0.193. The number of nitrogens with zero attached hydrogens (tertiary/aromatic N) is 2. The summed E-state index contributed by atoms with van der Waals surface area (Å²) < 4.78 is 7.06. The third-order valence-corrected chi connectivity index (χ3v) is 4.41. The molecule has 24 heavy (non-hydrogen) atoms. The quantitative estimate of drug-likeness (QED) is 0.692. The van der Waals surface area contributed by atoms with Crippen LogP contribution in [-0.2, 0) is 13.0 Å². The molecule has 0 amide bonds. The van der Waals surface area contributed by atoms with Gasteiger partial charge in [-0.15, -0.1) is 0 Å². The number of aromatic hydroxyl groups is 1. The molecular weight excluding hydrogens is 304 g/mol. The average Bonchev–Trinajstić information content (AvgIpc) is 3.15. The molecule has 1 N–H and O–H groups in total. The number of fused-ring (bicyclic) bond motifs is 1. The smallest absolute Gasteiger partial charge is 0.189 e. The lowest BCUT2D eigenvalue weighted by atomic mass is 10.0. The molecule has 2 aromatic rings. The molecule has 1 aromatic heterocycles. The summed E-state index contributed by atoms with van der Waals surface area (Å²) in [7, 11) is 1.48. The van der Waals surface area contributed by atoms with E-state index in [9.17, 15) is 15.2 Å². The maximum absolute atomic E-state index is 12.6. The fourth-order valence-corrected chi connectivity index (χ4v) is 3.25. The summed E-state index contributed by atoms with van der Waals surface area (Å²) in [5, 5.41) is 19.2. The summed E-state index contributed by atoms with van der Waals surface area (Å²) in [5.74, 6) is 0.204. The highest BCUT2D eigenvalue weighted by atomic mass is 16.5. The van der Waals surface area contributed by atoms with Crippen molar-refractivity contribution in [2.24, 2.45) is 0 Å². The zero-order chi connectivity index (χ0) is 17.3. The van der Waals surface area contributed by atoms with Gasteiger partial charge in [-0.2, -0.15) is 5.26 Å². The van der Waals surface area contributed by atoms with Gasteiger partial charge in [0, 0.05) is 17.9 Å². The molecule has 1 aromatic carbocycles. The Bertz CT molecular complexity index is 885. The number of phenolic OH excluding ortho intramolecular Hbond substituents is 1. The minimum absolute atomic E-state index is 0.0174. The fraction of sp³-hybridized carbons (Fsp3) is 0.263. The number of carbonyl (C=O) groups excluding carboxylic acids is 1. The second-order valence-corrected chi connectivity index (χ2v) is 5.78. The Kier molecular flexibility index (Phi) is 4.13. The summed E-state index contributed by atoms with van der Waals surface area (Å²) in [4.78, 5) is 12.6. The summed E-state index contributed by atoms with van der Waals surface area (Å²) in [5.41, 5.74) is 3.49. The number of aromatic nitrogens is 1. The van der Waals surface area contributed by atoms with E-state index in [4.69, 9.17) is 4.74 Å². The lowest BCUT2D eigenvalue weighted by Crippen LogP contribution is -2.01. The summed E-state index contributed by atoms with van der Waals surface area (Å²) >= 11 is 0. The Morgan fingerprint density at radius 1 is 1.46 bits per heavy atom. The number of hydrogen-bond donors (Lipinski definition) is 1. The van der Waals surface area contributed by atoms with E-state index in [0.29, 0.717) is 22.4 Å². The molecule has 0 bridgehead atoms. The van der Waals surface area contributed by atoms with Crippen LogP contribution < -0.4 is 4.74 Å².